The van der Waals surface area contributed by atoms with E-state index in [9.17, 15) is 19.8 Å². The Labute approximate surface area is 249 Å². The molecule has 1 fully saturated rings. The van der Waals surface area contributed by atoms with E-state index in [4.69, 9.17) is 0 Å². The summed E-state index contributed by atoms with van der Waals surface area (Å²) < 4.78 is 0. The molecule has 0 aromatic heterocycles. The molecule has 1 N–H and O–H groups in total. The zero-order valence-electron chi connectivity index (χ0n) is 26.4. The second-order valence-corrected chi connectivity index (χ2v) is 16.0. The van der Waals surface area contributed by atoms with Gasteiger partial charge < -0.3 is 20.0 Å². The Morgan fingerprint density at radius 1 is 0.738 bits per heavy atom. The van der Waals surface area contributed by atoms with Gasteiger partial charge in [-0.3, -0.25) is 9.59 Å². The minimum absolute atomic E-state index is 0.0641. The standard InChI is InChI=1S/C36H44N2O4/c1-33(2)9-13-37-15-11-35(5,6)25-27(37)21(33)17-19(29(25)39)23-31(41)24(32(23)42)20-18-22-28-26(30(20)40)36(7,8)12-16-38(28)14-10-34(22,3)4/h17-18,39,41H,9-16H2,1-8H3/p-1/b24-20-. The molecule has 0 bridgehead atoms. The Kier molecular flexibility index (Phi) is 5.38. The molecule has 0 spiro atoms. The van der Waals surface area contributed by atoms with Crippen molar-refractivity contribution in [2.75, 3.05) is 31.1 Å². The number of carbonyl (C=O) groups is 2. The number of piperidine rings is 1. The van der Waals surface area contributed by atoms with Crippen LogP contribution >= 0.6 is 0 Å². The molecule has 4 heterocycles. The van der Waals surface area contributed by atoms with Crippen LogP contribution in [-0.4, -0.2) is 47.8 Å². The van der Waals surface area contributed by atoms with Crippen molar-refractivity contribution in [3.63, 3.8) is 0 Å². The summed E-state index contributed by atoms with van der Waals surface area (Å²) in [7, 11) is 0. The Bertz CT molecular complexity index is 1640. The lowest BCUT2D eigenvalue weighted by atomic mass is 9.63. The average molecular weight is 568 g/mol. The number of nitrogens with zero attached hydrogens (tertiary/aromatic N) is 2. The molecule has 42 heavy (non-hydrogen) atoms. The number of aliphatic hydroxyl groups excluding tert-OH is 1. The Hall–Kier alpha value is -3.28. The van der Waals surface area contributed by atoms with Crippen molar-refractivity contribution in [2.45, 2.75) is 91.9 Å². The molecule has 6 nitrogen and oxygen atoms in total. The molecule has 7 rings (SSSR count). The SMILES string of the molecule is CC1(C)CCN2CCC(C)(C)C3=C2C1=C/C(=C1/C(=O)C(c2cc4c5c(c2[O-])C(C)(C)CCN5CCC4(C)C)=C1O)C3=O. The van der Waals surface area contributed by atoms with E-state index in [-0.39, 0.29) is 61.2 Å². The highest BCUT2D eigenvalue weighted by atomic mass is 16.3. The van der Waals surface area contributed by atoms with E-state index < -0.39 is 5.78 Å². The van der Waals surface area contributed by atoms with Gasteiger partial charge in [0.25, 0.3) is 0 Å². The molecule has 0 radical (unpaired) electrons. The van der Waals surface area contributed by atoms with Crippen molar-refractivity contribution in [1.29, 1.82) is 0 Å². The highest BCUT2D eigenvalue weighted by Crippen LogP contribution is 2.57. The number of ketones is 2. The fourth-order valence-corrected chi connectivity index (χ4v) is 8.38. The van der Waals surface area contributed by atoms with E-state index >= 15 is 0 Å². The summed E-state index contributed by atoms with van der Waals surface area (Å²) in [6.45, 7) is 20.8. The molecule has 4 aliphatic heterocycles. The molecule has 222 valence electrons. The Morgan fingerprint density at radius 3 is 1.95 bits per heavy atom. The molecule has 1 saturated heterocycles. The van der Waals surface area contributed by atoms with Crippen LogP contribution in [0, 0.1) is 10.8 Å². The largest absolute Gasteiger partial charge is 0.872 e. The highest BCUT2D eigenvalue weighted by molar-refractivity contribution is 6.41. The minimum atomic E-state index is -0.404. The van der Waals surface area contributed by atoms with Gasteiger partial charge >= 0.3 is 0 Å². The van der Waals surface area contributed by atoms with Crippen LogP contribution in [0.5, 0.6) is 5.75 Å². The van der Waals surface area contributed by atoms with E-state index in [1.54, 1.807) is 0 Å². The predicted molar refractivity (Wildman–Crippen MR) is 163 cm³/mol. The summed E-state index contributed by atoms with van der Waals surface area (Å²) in [6, 6.07) is 1.87. The van der Waals surface area contributed by atoms with Crippen LogP contribution in [-0.2, 0) is 20.4 Å². The molecule has 1 aromatic carbocycles. The van der Waals surface area contributed by atoms with Gasteiger partial charge in [0.1, 0.15) is 5.76 Å². The van der Waals surface area contributed by atoms with Crippen LogP contribution in [0.25, 0.3) is 5.57 Å². The zero-order valence-corrected chi connectivity index (χ0v) is 26.4. The highest BCUT2D eigenvalue weighted by Gasteiger charge is 2.50. The molecule has 1 aromatic rings. The Morgan fingerprint density at radius 2 is 1.31 bits per heavy atom. The van der Waals surface area contributed by atoms with E-state index in [0.717, 1.165) is 85.5 Å². The molecule has 6 heteroatoms. The summed E-state index contributed by atoms with van der Waals surface area (Å²) in [5.74, 6) is -0.961. The third kappa shape index (κ3) is 3.44. The minimum Gasteiger partial charge on any atom is -0.872 e. The maximum absolute atomic E-state index is 14.2. The van der Waals surface area contributed by atoms with Gasteiger partial charge in [-0.05, 0) is 81.7 Å². The average Bonchev–Trinajstić information content (AvgIpc) is 2.88. The number of benzene rings is 1. The quantitative estimate of drug-likeness (QED) is 0.419. The normalized spacial score (nSPS) is 28.3. The number of Topliss-reactive ketones (excluding diaryl/α,β-unsaturated/α-hetero) is 2. The first-order valence-corrected chi connectivity index (χ1v) is 15.6. The lowest BCUT2D eigenvalue weighted by molar-refractivity contribution is -0.270. The third-order valence-corrected chi connectivity index (χ3v) is 11.4. The first-order valence-electron chi connectivity index (χ1n) is 15.6. The van der Waals surface area contributed by atoms with Crippen LogP contribution in [0.15, 0.2) is 45.9 Å². The van der Waals surface area contributed by atoms with Crippen molar-refractivity contribution < 1.29 is 19.8 Å². The Balaban J connectivity index is 1.44. The number of rotatable bonds is 1. The smallest absolute Gasteiger partial charge is 0.201 e. The van der Waals surface area contributed by atoms with Crippen LogP contribution < -0.4 is 10.0 Å². The maximum atomic E-state index is 14.2. The maximum Gasteiger partial charge on any atom is 0.201 e. The lowest BCUT2D eigenvalue weighted by Gasteiger charge is -2.51. The van der Waals surface area contributed by atoms with E-state index in [1.165, 1.54) is 0 Å². The van der Waals surface area contributed by atoms with Crippen LogP contribution in [0.1, 0.15) is 97.8 Å². The molecule has 0 atom stereocenters. The second kappa shape index (κ2) is 8.21. The number of aliphatic hydroxyl groups is 1. The van der Waals surface area contributed by atoms with Gasteiger partial charge in [-0.25, -0.2) is 0 Å². The van der Waals surface area contributed by atoms with Crippen molar-refractivity contribution in [3.05, 3.63) is 62.6 Å². The molecule has 0 amide bonds. The van der Waals surface area contributed by atoms with Gasteiger partial charge in [0.2, 0.25) is 5.78 Å². The van der Waals surface area contributed by atoms with Crippen molar-refractivity contribution in [2.24, 2.45) is 10.8 Å². The van der Waals surface area contributed by atoms with E-state index in [2.05, 4.69) is 65.2 Å². The molecular formula is C36H43N2O4-. The number of hydrogen-bond acceptors (Lipinski definition) is 6. The molecule has 0 unspecified atom stereocenters. The first kappa shape index (κ1) is 27.5. The lowest BCUT2D eigenvalue weighted by Crippen LogP contribution is -2.48. The van der Waals surface area contributed by atoms with Gasteiger partial charge in [-0.15, -0.1) is 0 Å². The predicted octanol–water partition coefficient (Wildman–Crippen LogP) is 6.00. The van der Waals surface area contributed by atoms with Gasteiger partial charge in [-0.2, -0.15) is 0 Å². The monoisotopic (exact) mass is 567 g/mol. The van der Waals surface area contributed by atoms with Crippen LogP contribution in [0.3, 0.4) is 0 Å². The van der Waals surface area contributed by atoms with Gasteiger partial charge in [0.05, 0.1) is 11.1 Å². The summed E-state index contributed by atoms with van der Waals surface area (Å²) in [5.41, 5.74) is 5.35. The second-order valence-electron chi connectivity index (χ2n) is 16.0. The molecule has 2 aliphatic carbocycles. The van der Waals surface area contributed by atoms with Gasteiger partial charge in [0, 0.05) is 48.7 Å². The number of anilines is 1. The third-order valence-electron chi connectivity index (χ3n) is 11.4. The van der Waals surface area contributed by atoms with Gasteiger partial charge in [-0.1, -0.05) is 61.1 Å². The summed E-state index contributed by atoms with van der Waals surface area (Å²) in [5, 5.41) is 25.8. The van der Waals surface area contributed by atoms with Crippen LogP contribution in [0.2, 0.25) is 0 Å². The molecular weight excluding hydrogens is 524 g/mol. The van der Waals surface area contributed by atoms with E-state index in [1.807, 2.05) is 12.1 Å². The fraction of sp³-hybridized carbons (Fsp3) is 0.556. The number of carbonyl (C=O) groups excluding carboxylic acids is 2. The summed E-state index contributed by atoms with van der Waals surface area (Å²) in [6.07, 6.45) is 5.49. The zero-order chi connectivity index (χ0) is 30.3. The topological polar surface area (TPSA) is 83.9 Å². The summed E-state index contributed by atoms with van der Waals surface area (Å²) >= 11 is 0. The van der Waals surface area contributed by atoms with Crippen molar-refractivity contribution in [1.82, 2.24) is 4.90 Å². The molecule has 0 saturated carbocycles. The van der Waals surface area contributed by atoms with Crippen LogP contribution in [0.4, 0.5) is 5.69 Å². The van der Waals surface area contributed by atoms with E-state index in [0.29, 0.717) is 0 Å². The summed E-state index contributed by atoms with van der Waals surface area (Å²) in [4.78, 5) is 32.9. The first-order chi connectivity index (χ1) is 19.5. The fourth-order valence-electron chi connectivity index (χ4n) is 8.38. The van der Waals surface area contributed by atoms with Crippen molar-refractivity contribution >= 4 is 22.8 Å². The van der Waals surface area contributed by atoms with Crippen molar-refractivity contribution in [3.8, 4) is 5.75 Å². The molecule has 6 aliphatic rings. The number of allylic oxidation sites excluding steroid dienone is 6. The van der Waals surface area contributed by atoms with Gasteiger partial charge in [0.15, 0.2) is 5.78 Å². The number of hydrogen-bond donors (Lipinski definition) is 1.